The molecule has 0 bridgehead atoms. The van der Waals surface area contributed by atoms with Crippen LogP contribution in [-0.2, 0) is 6.42 Å². The molecule has 0 spiro atoms. The third kappa shape index (κ3) is 4.15. The standard InChI is InChI=1S/C32H23Br2NO/c1-21-15-18-29(36-30-14-8-13-28(33)32(30)34)31-26-17-16-25(19-22(26)20-27(21)31)35(23-9-4-2-5-10-23)24-11-6-3-7-12-24/h2-19H,20H2,1H3. The van der Waals surface area contributed by atoms with Crippen molar-refractivity contribution in [2.75, 3.05) is 4.90 Å². The molecular weight excluding hydrogens is 574 g/mol. The zero-order valence-electron chi connectivity index (χ0n) is 19.7. The van der Waals surface area contributed by atoms with Crippen LogP contribution in [0, 0.1) is 6.92 Å². The van der Waals surface area contributed by atoms with Gasteiger partial charge in [-0.1, -0.05) is 54.6 Å². The molecule has 2 nitrogen and oxygen atoms in total. The monoisotopic (exact) mass is 595 g/mol. The lowest BCUT2D eigenvalue weighted by molar-refractivity contribution is 0.480. The van der Waals surface area contributed by atoms with E-state index in [1.165, 1.54) is 27.8 Å². The predicted octanol–water partition coefficient (Wildman–Crippen LogP) is 10.4. The fraction of sp³-hybridized carbons (Fsp3) is 0.0625. The van der Waals surface area contributed by atoms with Crippen LogP contribution in [0.25, 0.3) is 11.1 Å². The summed E-state index contributed by atoms with van der Waals surface area (Å²) < 4.78 is 8.35. The summed E-state index contributed by atoms with van der Waals surface area (Å²) in [5, 5.41) is 0. The number of hydrogen-bond donors (Lipinski definition) is 0. The van der Waals surface area contributed by atoms with Gasteiger partial charge in [-0.05, 0) is 122 Å². The first-order chi connectivity index (χ1) is 17.6. The highest BCUT2D eigenvalue weighted by Gasteiger charge is 2.26. The number of aryl methyl sites for hydroxylation is 1. The second-order valence-electron chi connectivity index (χ2n) is 8.91. The van der Waals surface area contributed by atoms with Gasteiger partial charge in [0.25, 0.3) is 0 Å². The lowest BCUT2D eigenvalue weighted by Crippen LogP contribution is -2.09. The number of halogens is 2. The van der Waals surface area contributed by atoms with E-state index in [4.69, 9.17) is 4.74 Å². The van der Waals surface area contributed by atoms with Crippen molar-refractivity contribution in [2.45, 2.75) is 13.3 Å². The summed E-state index contributed by atoms with van der Waals surface area (Å²) in [6.07, 6.45) is 0.888. The molecule has 0 radical (unpaired) electrons. The molecule has 1 aliphatic rings. The average Bonchev–Trinajstić information content (AvgIpc) is 3.30. The maximum Gasteiger partial charge on any atom is 0.142 e. The quantitative estimate of drug-likeness (QED) is 0.196. The Morgan fingerprint density at radius 1 is 0.667 bits per heavy atom. The molecule has 0 atom stereocenters. The fourth-order valence-corrected chi connectivity index (χ4v) is 5.61. The van der Waals surface area contributed by atoms with Crippen LogP contribution in [-0.4, -0.2) is 0 Å². The highest BCUT2D eigenvalue weighted by atomic mass is 79.9. The second kappa shape index (κ2) is 9.61. The van der Waals surface area contributed by atoms with Crippen molar-refractivity contribution in [3.63, 3.8) is 0 Å². The normalized spacial score (nSPS) is 11.6. The second-order valence-corrected chi connectivity index (χ2v) is 10.6. The van der Waals surface area contributed by atoms with Crippen molar-refractivity contribution in [3.05, 3.63) is 135 Å². The minimum absolute atomic E-state index is 0.792. The Balaban J connectivity index is 1.45. The van der Waals surface area contributed by atoms with Gasteiger partial charge in [-0.2, -0.15) is 0 Å². The third-order valence-corrected chi connectivity index (χ3v) is 8.67. The van der Waals surface area contributed by atoms with Crippen molar-refractivity contribution in [1.82, 2.24) is 0 Å². The molecule has 0 aromatic heterocycles. The third-order valence-electron chi connectivity index (χ3n) is 6.66. The molecule has 36 heavy (non-hydrogen) atoms. The van der Waals surface area contributed by atoms with Gasteiger partial charge in [-0.15, -0.1) is 0 Å². The summed E-state index contributed by atoms with van der Waals surface area (Å²) in [5.41, 5.74) is 9.77. The number of ether oxygens (including phenoxy) is 1. The Morgan fingerprint density at radius 2 is 1.36 bits per heavy atom. The van der Waals surface area contributed by atoms with E-state index in [1.807, 2.05) is 18.2 Å². The van der Waals surface area contributed by atoms with Crippen LogP contribution in [0.5, 0.6) is 11.5 Å². The number of benzene rings is 5. The number of fused-ring (bicyclic) bond motifs is 3. The van der Waals surface area contributed by atoms with Gasteiger partial charge in [-0.3, -0.25) is 0 Å². The van der Waals surface area contributed by atoms with Gasteiger partial charge in [0.15, 0.2) is 0 Å². The minimum atomic E-state index is 0.792. The van der Waals surface area contributed by atoms with Crippen molar-refractivity contribution in [1.29, 1.82) is 0 Å². The first kappa shape index (κ1) is 23.1. The first-order valence-electron chi connectivity index (χ1n) is 11.9. The average molecular weight is 597 g/mol. The van der Waals surface area contributed by atoms with Crippen LogP contribution in [0.15, 0.2) is 118 Å². The van der Waals surface area contributed by atoms with E-state index in [-0.39, 0.29) is 0 Å². The molecule has 0 fully saturated rings. The van der Waals surface area contributed by atoms with E-state index in [2.05, 4.69) is 135 Å². The van der Waals surface area contributed by atoms with E-state index in [1.54, 1.807) is 0 Å². The Kier molecular flexibility index (Phi) is 6.16. The SMILES string of the molecule is Cc1ccc(Oc2cccc(Br)c2Br)c2c1Cc1cc(N(c3ccccc3)c3ccccc3)ccc1-2. The van der Waals surface area contributed by atoms with Crippen LogP contribution < -0.4 is 9.64 Å². The summed E-state index contributed by atoms with van der Waals surface area (Å²) in [5.74, 6) is 1.67. The van der Waals surface area contributed by atoms with Gasteiger partial charge < -0.3 is 9.64 Å². The molecule has 0 amide bonds. The van der Waals surface area contributed by atoms with Crippen molar-refractivity contribution in [2.24, 2.45) is 0 Å². The lowest BCUT2D eigenvalue weighted by atomic mass is 10.0. The molecule has 4 heteroatoms. The maximum absolute atomic E-state index is 6.47. The van der Waals surface area contributed by atoms with E-state index in [0.29, 0.717) is 0 Å². The van der Waals surface area contributed by atoms with Crippen molar-refractivity contribution < 1.29 is 4.74 Å². The highest BCUT2D eigenvalue weighted by molar-refractivity contribution is 9.13. The molecule has 0 aliphatic heterocycles. The van der Waals surface area contributed by atoms with Gasteiger partial charge in [0, 0.05) is 27.1 Å². The molecule has 5 aromatic carbocycles. The summed E-state index contributed by atoms with van der Waals surface area (Å²) >= 11 is 7.24. The number of nitrogens with zero attached hydrogens (tertiary/aromatic N) is 1. The van der Waals surface area contributed by atoms with Gasteiger partial charge in [-0.25, -0.2) is 0 Å². The Hall–Kier alpha value is -3.34. The molecular formula is C32H23Br2NO. The number of para-hydroxylation sites is 2. The molecule has 0 unspecified atom stereocenters. The molecule has 1 aliphatic carbocycles. The number of rotatable bonds is 5. The maximum atomic E-state index is 6.47. The zero-order chi connectivity index (χ0) is 24.6. The van der Waals surface area contributed by atoms with Crippen LogP contribution >= 0.6 is 31.9 Å². The van der Waals surface area contributed by atoms with Crippen LogP contribution in [0.3, 0.4) is 0 Å². The summed E-state index contributed by atoms with van der Waals surface area (Å²) in [6, 6.07) is 38.1. The topological polar surface area (TPSA) is 12.5 Å². The largest absolute Gasteiger partial charge is 0.455 e. The summed E-state index contributed by atoms with van der Waals surface area (Å²) in [6.45, 7) is 2.19. The van der Waals surface area contributed by atoms with E-state index in [9.17, 15) is 0 Å². The zero-order valence-corrected chi connectivity index (χ0v) is 22.9. The van der Waals surface area contributed by atoms with E-state index in [0.717, 1.165) is 43.9 Å². The lowest BCUT2D eigenvalue weighted by Gasteiger charge is -2.26. The highest BCUT2D eigenvalue weighted by Crippen LogP contribution is 2.48. The molecule has 0 heterocycles. The van der Waals surface area contributed by atoms with Crippen molar-refractivity contribution >= 4 is 48.9 Å². The van der Waals surface area contributed by atoms with E-state index < -0.39 is 0 Å². The molecule has 0 N–H and O–H groups in total. The molecule has 0 saturated heterocycles. The van der Waals surface area contributed by atoms with E-state index >= 15 is 0 Å². The van der Waals surface area contributed by atoms with Crippen molar-refractivity contribution in [3.8, 4) is 22.6 Å². The Morgan fingerprint density at radius 3 is 2.06 bits per heavy atom. The minimum Gasteiger partial charge on any atom is -0.455 e. The Labute approximate surface area is 228 Å². The predicted molar refractivity (Wildman–Crippen MR) is 156 cm³/mol. The Bertz CT molecular complexity index is 1530. The van der Waals surface area contributed by atoms with Gasteiger partial charge >= 0.3 is 0 Å². The van der Waals surface area contributed by atoms with Gasteiger partial charge in [0.1, 0.15) is 11.5 Å². The van der Waals surface area contributed by atoms with Gasteiger partial charge in [0.05, 0.1) is 4.47 Å². The first-order valence-corrected chi connectivity index (χ1v) is 13.5. The van der Waals surface area contributed by atoms with Crippen LogP contribution in [0.2, 0.25) is 0 Å². The summed E-state index contributed by atoms with van der Waals surface area (Å²) in [7, 11) is 0. The molecule has 176 valence electrons. The smallest absolute Gasteiger partial charge is 0.142 e. The molecule has 6 rings (SSSR count). The number of anilines is 3. The number of hydrogen-bond acceptors (Lipinski definition) is 2. The van der Waals surface area contributed by atoms with Crippen LogP contribution in [0.4, 0.5) is 17.1 Å². The van der Waals surface area contributed by atoms with Gasteiger partial charge in [0.2, 0.25) is 0 Å². The van der Waals surface area contributed by atoms with Crippen LogP contribution in [0.1, 0.15) is 16.7 Å². The summed E-state index contributed by atoms with van der Waals surface area (Å²) in [4.78, 5) is 2.31. The molecule has 5 aromatic rings. The fourth-order valence-electron chi connectivity index (χ4n) is 4.92. The molecule has 0 saturated carbocycles.